The second-order valence-corrected chi connectivity index (χ2v) is 6.07. The Morgan fingerprint density at radius 1 is 1.26 bits per heavy atom. The molecule has 1 aromatic rings. The van der Waals surface area contributed by atoms with E-state index in [1.165, 1.54) is 19.5 Å². The number of halogens is 1. The Morgan fingerprint density at radius 2 is 1.95 bits per heavy atom. The zero-order chi connectivity index (χ0) is 13.7. The van der Waals surface area contributed by atoms with Gasteiger partial charge in [0, 0.05) is 0 Å². The van der Waals surface area contributed by atoms with Crippen molar-refractivity contribution in [2.24, 2.45) is 10.8 Å². The Labute approximate surface area is 118 Å². The number of hydrogen-bond donors (Lipinski definition) is 1. The summed E-state index contributed by atoms with van der Waals surface area (Å²) in [5, 5.41) is 2.74. The number of nitrogens with zero attached hydrogens (tertiary/aromatic N) is 2. The van der Waals surface area contributed by atoms with Crippen LogP contribution in [0.3, 0.4) is 0 Å². The van der Waals surface area contributed by atoms with Gasteiger partial charge in [0.2, 0.25) is 5.91 Å². The second kappa shape index (κ2) is 4.00. The molecule has 3 saturated carbocycles. The Morgan fingerprint density at radius 3 is 2.47 bits per heavy atom. The molecule has 7 heteroatoms. The van der Waals surface area contributed by atoms with Crippen molar-refractivity contribution in [1.82, 2.24) is 9.97 Å². The van der Waals surface area contributed by atoms with Crippen LogP contribution in [0.2, 0.25) is 0 Å². The zero-order valence-corrected chi connectivity index (χ0v) is 11.9. The Balaban J connectivity index is 1.63. The van der Waals surface area contributed by atoms with Gasteiger partial charge in [0.05, 0.1) is 30.3 Å². The van der Waals surface area contributed by atoms with E-state index in [1.54, 1.807) is 0 Å². The van der Waals surface area contributed by atoms with Crippen molar-refractivity contribution in [3.63, 3.8) is 0 Å². The largest absolute Gasteiger partial charge is 0.469 e. The molecule has 19 heavy (non-hydrogen) atoms. The van der Waals surface area contributed by atoms with Gasteiger partial charge in [0.15, 0.2) is 5.82 Å². The molecule has 0 atom stereocenters. The van der Waals surface area contributed by atoms with E-state index in [1.807, 2.05) is 0 Å². The van der Waals surface area contributed by atoms with Gasteiger partial charge >= 0.3 is 5.97 Å². The third kappa shape index (κ3) is 1.75. The van der Waals surface area contributed by atoms with Gasteiger partial charge in [-0.25, -0.2) is 9.97 Å². The van der Waals surface area contributed by atoms with Crippen LogP contribution in [0.25, 0.3) is 0 Å². The Hall–Kier alpha value is -1.50. The fraction of sp³-hybridized carbons (Fsp3) is 0.500. The van der Waals surface area contributed by atoms with Gasteiger partial charge in [-0.2, -0.15) is 0 Å². The predicted octanol–water partition coefficient (Wildman–Crippen LogP) is 1.52. The van der Waals surface area contributed by atoms with E-state index in [9.17, 15) is 9.59 Å². The molecule has 0 radical (unpaired) electrons. The number of rotatable bonds is 3. The molecule has 4 rings (SSSR count). The maximum Gasteiger partial charge on any atom is 0.311 e. The number of methoxy groups -OCH3 is 1. The summed E-state index contributed by atoms with van der Waals surface area (Å²) in [6.07, 6.45) is 4.73. The fourth-order valence-corrected chi connectivity index (χ4v) is 3.29. The van der Waals surface area contributed by atoms with Gasteiger partial charge in [0.1, 0.15) is 4.60 Å². The van der Waals surface area contributed by atoms with E-state index in [4.69, 9.17) is 4.74 Å². The molecule has 3 fully saturated rings. The van der Waals surface area contributed by atoms with Gasteiger partial charge in [-0.3, -0.25) is 9.59 Å². The number of ether oxygens (including phenoxy) is 1. The summed E-state index contributed by atoms with van der Waals surface area (Å²) in [5.41, 5.74) is -0.819. The maximum absolute atomic E-state index is 12.1. The molecule has 3 aliphatic carbocycles. The number of hydrogen-bond acceptors (Lipinski definition) is 5. The molecule has 1 heterocycles. The van der Waals surface area contributed by atoms with Crippen molar-refractivity contribution in [2.75, 3.05) is 12.4 Å². The molecule has 0 unspecified atom stereocenters. The SMILES string of the molecule is COC(=O)C12CC(C(=O)Nc3cnc(Br)cn3)(C1)C2. The van der Waals surface area contributed by atoms with E-state index in [0.717, 1.165) is 0 Å². The molecule has 1 aromatic heterocycles. The van der Waals surface area contributed by atoms with Gasteiger partial charge in [-0.15, -0.1) is 0 Å². The first kappa shape index (κ1) is 12.5. The van der Waals surface area contributed by atoms with E-state index in [2.05, 4.69) is 31.2 Å². The van der Waals surface area contributed by atoms with Crippen molar-refractivity contribution in [3.05, 3.63) is 17.0 Å². The van der Waals surface area contributed by atoms with E-state index in [0.29, 0.717) is 29.7 Å². The molecular weight excluding hydrogens is 314 g/mol. The van der Waals surface area contributed by atoms with Crippen LogP contribution in [0.15, 0.2) is 17.0 Å². The summed E-state index contributed by atoms with van der Waals surface area (Å²) in [4.78, 5) is 31.7. The molecule has 0 aliphatic heterocycles. The molecule has 0 aromatic carbocycles. The quantitative estimate of drug-likeness (QED) is 0.852. The monoisotopic (exact) mass is 325 g/mol. The number of anilines is 1. The predicted molar refractivity (Wildman–Crippen MR) is 69.1 cm³/mol. The minimum absolute atomic E-state index is 0.0881. The highest BCUT2D eigenvalue weighted by atomic mass is 79.9. The van der Waals surface area contributed by atoms with Crippen LogP contribution in [-0.2, 0) is 14.3 Å². The summed E-state index contributed by atoms with van der Waals surface area (Å²) in [7, 11) is 1.38. The summed E-state index contributed by atoms with van der Waals surface area (Å²) < 4.78 is 5.36. The highest BCUT2D eigenvalue weighted by Gasteiger charge is 2.75. The van der Waals surface area contributed by atoms with Gasteiger partial charge in [-0.05, 0) is 35.2 Å². The lowest BCUT2D eigenvalue weighted by molar-refractivity contribution is -0.220. The molecule has 0 spiro atoms. The van der Waals surface area contributed by atoms with Crippen molar-refractivity contribution in [1.29, 1.82) is 0 Å². The van der Waals surface area contributed by atoms with E-state index < -0.39 is 10.8 Å². The molecular formula is C12H12BrN3O3. The van der Waals surface area contributed by atoms with Crippen LogP contribution < -0.4 is 5.32 Å². The highest BCUT2D eigenvalue weighted by Crippen LogP contribution is 2.73. The van der Waals surface area contributed by atoms with Crippen LogP contribution in [0.4, 0.5) is 5.82 Å². The average Bonchev–Trinajstić information content (AvgIpc) is 2.28. The third-order valence-corrected chi connectivity index (χ3v) is 4.40. The normalized spacial score (nSPS) is 30.8. The summed E-state index contributed by atoms with van der Waals surface area (Å²) in [6, 6.07) is 0. The van der Waals surface area contributed by atoms with Crippen molar-refractivity contribution in [2.45, 2.75) is 19.3 Å². The lowest BCUT2D eigenvalue weighted by Crippen LogP contribution is -2.69. The number of esters is 1. The standard InChI is InChI=1S/C12H12BrN3O3/c1-19-10(18)12-4-11(5-12,6-12)9(17)16-8-3-14-7(13)2-15-8/h2-3H,4-6H2,1H3,(H,15,16,17). The van der Waals surface area contributed by atoms with Crippen molar-refractivity contribution < 1.29 is 14.3 Å². The number of aromatic nitrogens is 2. The fourth-order valence-electron chi connectivity index (χ4n) is 3.09. The lowest BCUT2D eigenvalue weighted by atomic mass is 9.35. The topological polar surface area (TPSA) is 81.2 Å². The second-order valence-electron chi connectivity index (χ2n) is 5.26. The molecule has 1 N–H and O–H groups in total. The number of carbonyl (C=O) groups excluding carboxylic acids is 2. The van der Waals surface area contributed by atoms with Crippen LogP contribution in [0.5, 0.6) is 0 Å². The molecule has 0 saturated heterocycles. The Kier molecular flexibility index (Phi) is 2.63. The molecule has 3 aliphatic rings. The minimum Gasteiger partial charge on any atom is -0.469 e. The zero-order valence-electron chi connectivity index (χ0n) is 10.3. The van der Waals surface area contributed by atoms with E-state index in [-0.39, 0.29) is 11.9 Å². The van der Waals surface area contributed by atoms with E-state index >= 15 is 0 Å². The first-order valence-corrected chi connectivity index (χ1v) is 6.66. The molecule has 2 bridgehead atoms. The molecule has 6 nitrogen and oxygen atoms in total. The first-order valence-electron chi connectivity index (χ1n) is 5.87. The molecule has 100 valence electrons. The van der Waals surface area contributed by atoms with Crippen LogP contribution >= 0.6 is 15.9 Å². The van der Waals surface area contributed by atoms with Gasteiger partial charge in [0.25, 0.3) is 0 Å². The van der Waals surface area contributed by atoms with Crippen molar-refractivity contribution >= 4 is 33.6 Å². The lowest BCUT2D eigenvalue weighted by Gasteiger charge is -2.66. The van der Waals surface area contributed by atoms with Crippen LogP contribution in [-0.4, -0.2) is 29.0 Å². The summed E-state index contributed by atoms with van der Waals surface area (Å²) in [6.45, 7) is 0. The minimum atomic E-state index is -0.414. The van der Waals surface area contributed by atoms with Crippen LogP contribution in [0, 0.1) is 10.8 Å². The summed E-state index contributed by atoms with van der Waals surface area (Å²) in [5.74, 6) is 0.130. The first-order chi connectivity index (χ1) is 9.00. The van der Waals surface area contributed by atoms with Gasteiger partial charge in [-0.1, -0.05) is 0 Å². The third-order valence-electron chi connectivity index (χ3n) is 3.99. The van der Waals surface area contributed by atoms with Gasteiger partial charge < -0.3 is 10.1 Å². The number of amides is 1. The van der Waals surface area contributed by atoms with Crippen molar-refractivity contribution in [3.8, 4) is 0 Å². The average molecular weight is 326 g/mol. The molecule has 1 amide bonds. The maximum atomic E-state index is 12.1. The smallest absolute Gasteiger partial charge is 0.311 e. The number of carbonyl (C=O) groups is 2. The Bertz CT molecular complexity index is 538. The van der Waals surface area contributed by atoms with Crippen LogP contribution in [0.1, 0.15) is 19.3 Å². The highest BCUT2D eigenvalue weighted by molar-refractivity contribution is 9.10. The number of nitrogens with one attached hydrogen (secondary N) is 1. The summed E-state index contributed by atoms with van der Waals surface area (Å²) >= 11 is 3.18.